The van der Waals surface area contributed by atoms with Crippen LogP contribution in [0.3, 0.4) is 0 Å². The van der Waals surface area contributed by atoms with Crippen LogP contribution in [0.25, 0.3) is 105 Å². The number of rotatable bonds is 8. The molecule has 13 aromatic rings. The van der Waals surface area contributed by atoms with Gasteiger partial charge in [0.05, 0.1) is 16.7 Å². The molecule has 0 unspecified atom stereocenters. The van der Waals surface area contributed by atoms with Crippen LogP contribution in [0.4, 0.5) is 17.1 Å². The topological polar surface area (TPSA) is 21.3 Å². The molecule has 0 aliphatic carbocycles. The van der Waals surface area contributed by atoms with Gasteiger partial charge in [-0.25, -0.2) is 0 Å². The van der Waals surface area contributed by atoms with Gasteiger partial charge in [-0.3, -0.25) is 0 Å². The van der Waals surface area contributed by atoms with E-state index >= 15 is 0 Å². The minimum Gasteiger partial charge on any atom is -0.456 e. The zero-order valence-corrected chi connectivity index (χ0v) is 36.6. The number of benzene rings is 11. The molecule has 3 heteroatoms. The quantitative estimate of drug-likeness (QED) is 0.152. The summed E-state index contributed by atoms with van der Waals surface area (Å²) < 4.78 is 8.68. The molecule has 0 fully saturated rings. The van der Waals surface area contributed by atoms with Crippen molar-refractivity contribution in [1.82, 2.24) is 4.57 Å². The van der Waals surface area contributed by atoms with Crippen molar-refractivity contribution >= 4 is 71.6 Å². The Bertz CT molecular complexity index is 3910. The van der Waals surface area contributed by atoms with Crippen LogP contribution in [0, 0.1) is 0 Å². The van der Waals surface area contributed by atoms with Crippen molar-refractivity contribution in [2.24, 2.45) is 0 Å². The first-order chi connectivity index (χ1) is 33.2. The van der Waals surface area contributed by atoms with E-state index in [9.17, 15) is 0 Å². The maximum Gasteiger partial charge on any atom is 0.136 e. The number of fused-ring (bicyclic) bond motifs is 7. The number of furan rings is 1. The third-order valence-electron chi connectivity index (χ3n) is 13.4. The van der Waals surface area contributed by atoms with Crippen LogP contribution in [-0.4, -0.2) is 4.57 Å². The van der Waals surface area contributed by atoms with Gasteiger partial charge in [0.2, 0.25) is 0 Å². The normalized spacial score (nSPS) is 11.6. The van der Waals surface area contributed by atoms with Crippen LogP contribution in [0.5, 0.6) is 0 Å². The smallest absolute Gasteiger partial charge is 0.136 e. The van der Waals surface area contributed by atoms with Crippen LogP contribution in [0.1, 0.15) is 0 Å². The Morgan fingerprint density at radius 3 is 1.49 bits per heavy atom. The second-order valence-corrected chi connectivity index (χ2v) is 17.3. The molecule has 0 atom stereocenters. The first-order valence-electron chi connectivity index (χ1n) is 22.9. The van der Waals surface area contributed by atoms with Gasteiger partial charge in [-0.1, -0.05) is 182 Å². The minimum atomic E-state index is 0.898. The van der Waals surface area contributed by atoms with Crippen molar-refractivity contribution in [3.63, 3.8) is 0 Å². The molecule has 0 N–H and O–H groups in total. The molecular formula is C64H42N2O. The van der Waals surface area contributed by atoms with Crippen molar-refractivity contribution in [1.29, 1.82) is 0 Å². The van der Waals surface area contributed by atoms with Crippen molar-refractivity contribution in [2.45, 2.75) is 0 Å². The van der Waals surface area contributed by atoms with Crippen LogP contribution >= 0.6 is 0 Å². The van der Waals surface area contributed by atoms with E-state index in [1.807, 2.05) is 12.1 Å². The van der Waals surface area contributed by atoms with Crippen LogP contribution in [0.2, 0.25) is 0 Å². The number of para-hydroxylation sites is 3. The molecule has 0 spiro atoms. The summed E-state index contributed by atoms with van der Waals surface area (Å²) in [5, 5.41) is 7.21. The van der Waals surface area contributed by atoms with Crippen molar-refractivity contribution < 1.29 is 4.42 Å². The summed E-state index contributed by atoms with van der Waals surface area (Å²) in [6.45, 7) is 0. The van der Waals surface area contributed by atoms with Gasteiger partial charge in [0.25, 0.3) is 0 Å². The lowest BCUT2D eigenvalue weighted by Crippen LogP contribution is -2.10. The first kappa shape index (κ1) is 38.5. The van der Waals surface area contributed by atoms with Crippen molar-refractivity contribution in [3.05, 3.63) is 255 Å². The maximum absolute atomic E-state index is 6.30. The first-order valence-corrected chi connectivity index (χ1v) is 22.9. The fourth-order valence-electron chi connectivity index (χ4n) is 10.2. The Morgan fingerprint density at radius 1 is 0.299 bits per heavy atom. The van der Waals surface area contributed by atoms with Gasteiger partial charge >= 0.3 is 0 Å². The van der Waals surface area contributed by atoms with E-state index in [1.54, 1.807) is 0 Å². The Morgan fingerprint density at radius 2 is 0.791 bits per heavy atom. The molecule has 67 heavy (non-hydrogen) atoms. The summed E-state index contributed by atoms with van der Waals surface area (Å²) in [6, 6.07) is 91.9. The Kier molecular flexibility index (Phi) is 9.17. The Balaban J connectivity index is 0.823. The molecule has 2 heterocycles. The molecule has 0 aliphatic heterocycles. The largest absolute Gasteiger partial charge is 0.456 e. The van der Waals surface area contributed by atoms with E-state index in [1.165, 1.54) is 66.0 Å². The van der Waals surface area contributed by atoms with Crippen molar-refractivity contribution in [3.8, 4) is 50.2 Å². The number of aromatic nitrogens is 1. The maximum atomic E-state index is 6.30. The molecule has 13 rings (SSSR count). The zero-order valence-electron chi connectivity index (χ0n) is 36.6. The number of hydrogen-bond donors (Lipinski definition) is 0. The van der Waals surface area contributed by atoms with E-state index in [0.717, 1.165) is 55.8 Å². The van der Waals surface area contributed by atoms with Gasteiger partial charge in [0, 0.05) is 44.0 Å². The Hall–Kier alpha value is -8.92. The Labute approximate surface area is 388 Å². The summed E-state index contributed by atoms with van der Waals surface area (Å²) in [6.07, 6.45) is 0. The van der Waals surface area contributed by atoms with Crippen LogP contribution < -0.4 is 4.90 Å². The summed E-state index contributed by atoms with van der Waals surface area (Å²) in [5.74, 6) is 0. The molecule has 0 bridgehead atoms. The molecule has 0 saturated carbocycles. The lowest BCUT2D eigenvalue weighted by Gasteiger charge is -2.27. The van der Waals surface area contributed by atoms with E-state index in [-0.39, 0.29) is 0 Å². The van der Waals surface area contributed by atoms with Gasteiger partial charge in [-0.05, 0) is 123 Å². The second-order valence-electron chi connectivity index (χ2n) is 17.3. The summed E-state index contributed by atoms with van der Waals surface area (Å²) >= 11 is 0. The predicted octanol–water partition coefficient (Wildman–Crippen LogP) is 18.0. The molecule has 11 aromatic carbocycles. The molecular weight excluding hydrogens is 813 g/mol. The standard InChI is InChI=1S/C64H42N2O/c1-2-19-55-46(13-1)14-12-25-60(55)65(51-38-33-47(34-39-51)53-17-3-4-18-54(53)49-35-40-59-58-22-7-10-26-63(58)67-64(59)42-49)50-36-31-44(32-37-50)43-27-29-45(30-28-43)48-15-11-16-52(41-48)66-61-23-8-5-20-56(61)57-21-6-9-24-62(57)66/h1-42H. The van der Waals surface area contributed by atoms with E-state index in [4.69, 9.17) is 4.42 Å². The molecule has 0 amide bonds. The number of nitrogens with zero attached hydrogens (tertiary/aromatic N) is 2. The fraction of sp³-hybridized carbons (Fsp3) is 0. The second kappa shape index (κ2) is 16.0. The highest BCUT2D eigenvalue weighted by molar-refractivity contribution is 6.09. The van der Waals surface area contributed by atoms with Gasteiger partial charge < -0.3 is 13.9 Å². The fourth-order valence-corrected chi connectivity index (χ4v) is 10.2. The highest BCUT2D eigenvalue weighted by atomic mass is 16.3. The summed E-state index contributed by atoms with van der Waals surface area (Å²) in [7, 11) is 0. The summed E-state index contributed by atoms with van der Waals surface area (Å²) in [4.78, 5) is 2.38. The van der Waals surface area contributed by atoms with Gasteiger partial charge in [-0.15, -0.1) is 0 Å². The third-order valence-corrected chi connectivity index (χ3v) is 13.4. The number of hydrogen-bond acceptors (Lipinski definition) is 2. The monoisotopic (exact) mass is 854 g/mol. The SMILES string of the molecule is c1cc(-c2ccc(-c3ccc(N(c4ccc(-c5ccccc5-c5ccc6c(c5)oc5ccccc56)cc4)c4cccc5ccccc45)cc3)cc2)cc(-n2c3ccccc3c3ccccc32)c1. The number of anilines is 3. The average Bonchev–Trinajstić information content (AvgIpc) is 3.95. The van der Waals surface area contributed by atoms with Crippen LogP contribution in [-0.2, 0) is 0 Å². The highest BCUT2D eigenvalue weighted by Crippen LogP contribution is 2.42. The van der Waals surface area contributed by atoms with Crippen LogP contribution in [0.15, 0.2) is 259 Å². The lowest BCUT2D eigenvalue weighted by molar-refractivity contribution is 0.669. The summed E-state index contributed by atoms with van der Waals surface area (Å²) in [5.41, 5.74) is 18.0. The molecule has 0 saturated heterocycles. The molecule has 314 valence electrons. The lowest BCUT2D eigenvalue weighted by atomic mass is 9.94. The third kappa shape index (κ3) is 6.67. The predicted molar refractivity (Wildman–Crippen MR) is 282 cm³/mol. The van der Waals surface area contributed by atoms with E-state index in [2.05, 4.69) is 252 Å². The molecule has 2 aromatic heterocycles. The molecule has 0 aliphatic rings. The van der Waals surface area contributed by atoms with Crippen molar-refractivity contribution in [2.75, 3.05) is 4.90 Å². The van der Waals surface area contributed by atoms with Gasteiger partial charge in [-0.2, -0.15) is 0 Å². The average molecular weight is 855 g/mol. The van der Waals surface area contributed by atoms with Gasteiger partial charge in [0.15, 0.2) is 0 Å². The van der Waals surface area contributed by atoms with E-state index < -0.39 is 0 Å². The molecule has 0 radical (unpaired) electrons. The molecule has 3 nitrogen and oxygen atoms in total. The van der Waals surface area contributed by atoms with Gasteiger partial charge in [0.1, 0.15) is 11.2 Å². The minimum absolute atomic E-state index is 0.898. The van der Waals surface area contributed by atoms with E-state index in [0.29, 0.717) is 0 Å². The zero-order chi connectivity index (χ0) is 44.3. The highest BCUT2D eigenvalue weighted by Gasteiger charge is 2.18.